The molecule has 1 saturated heterocycles. The van der Waals surface area contributed by atoms with Crippen LogP contribution in [0.4, 0.5) is 0 Å². The van der Waals surface area contributed by atoms with Gasteiger partial charge in [0.1, 0.15) is 18.0 Å². The molecule has 0 spiro atoms. The van der Waals surface area contributed by atoms with Crippen molar-refractivity contribution in [3.8, 4) is 5.75 Å². The zero-order valence-corrected chi connectivity index (χ0v) is 16.1. The normalized spacial score (nSPS) is 31.7. The van der Waals surface area contributed by atoms with Crippen molar-refractivity contribution >= 4 is 39.5 Å². The predicted octanol–water partition coefficient (Wildman–Crippen LogP) is 2.06. The van der Waals surface area contributed by atoms with Gasteiger partial charge in [0.05, 0.1) is 16.5 Å². The highest BCUT2D eigenvalue weighted by molar-refractivity contribution is 7.16. The molecule has 2 bridgehead atoms. The molecule has 2 aliphatic carbocycles. The average Bonchev–Trinajstić information content (AvgIpc) is 3.36. The summed E-state index contributed by atoms with van der Waals surface area (Å²) in [7, 11) is 0. The molecule has 6 atom stereocenters. The lowest BCUT2D eigenvalue weighted by Gasteiger charge is -2.30. The van der Waals surface area contributed by atoms with Crippen LogP contribution in [0.2, 0.25) is 0 Å². The summed E-state index contributed by atoms with van der Waals surface area (Å²) in [5.41, 5.74) is 0.560. The van der Waals surface area contributed by atoms with Crippen molar-refractivity contribution < 1.29 is 33.0 Å². The third-order valence-electron chi connectivity index (χ3n) is 5.93. The molecule has 5 rings (SSSR count). The van der Waals surface area contributed by atoms with E-state index in [-0.39, 0.29) is 23.2 Å². The number of esters is 3. The van der Waals surface area contributed by atoms with Crippen molar-refractivity contribution in [2.24, 2.45) is 23.7 Å². The van der Waals surface area contributed by atoms with E-state index in [0.29, 0.717) is 16.7 Å². The van der Waals surface area contributed by atoms with E-state index in [2.05, 4.69) is 6.58 Å². The molecule has 0 radical (unpaired) electrons. The summed E-state index contributed by atoms with van der Waals surface area (Å²) in [6.07, 6.45) is -0.670. The summed E-state index contributed by atoms with van der Waals surface area (Å²) in [5, 5.41) is 0. The van der Waals surface area contributed by atoms with Crippen LogP contribution in [0.15, 0.2) is 39.6 Å². The summed E-state index contributed by atoms with van der Waals surface area (Å²) in [5.74, 6) is -3.31. The van der Waals surface area contributed by atoms with Gasteiger partial charge in [0.2, 0.25) is 0 Å². The van der Waals surface area contributed by atoms with Crippen molar-refractivity contribution in [3.05, 3.63) is 40.1 Å². The van der Waals surface area contributed by atoms with Crippen LogP contribution < -0.4 is 9.68 Å². The first-order valence-electron chi connectivity index (χ1n) is 9.16. The standard InChI is InChI=1S/C20H16O8S/c1-7(2)17(21)27-15-9-6-10-14(19(23)28-16(10)15)13(9)18(22)25-8-3-4-12-11(5-8)26-20(24)29-12/h3-5,9-10,13-16H,1,6H2,2H3. The molecule has 29 heavy (non-hydrogen) atoms. The summed E-state index contributed by atoms with van der Waals surface area (Å²) < 4.78 is 22.1. The number of hydrogen-bond donors (Lipinski definition) is 0. The Labute approximate surface area is 168 Å². The minimum Gasteiger partial charge on any atom is -0.458 e. The second-order valence-corrected chi connectivity index (χ2v) is 8.63. The molecule has 3 aliphatic rings. The monoisotopic (exact) mass is 416 g/mol. The van der Waals surface area contributed by atoms with Crippen molar-refractivity contribution in [2.45, 2.75) is 25.6 Å². The summed E-state index contributed by atoms with van der Waals surface area (Å²) in [6.45, 7) is 5.10. The Morgan fingerprint density at radius 3 is 2.79 bits per heavy atom. The van der Waals surface area contributed by atoms with E-state index >= 15 is 0 Å². The van der Waals surface area contributed by atoms with E-state index in [0.717, 1.165) is 11.3 Å². The van der Waals surface area contributed by atoms with Gasteiger partial charge < -0.3 is 18.6 Å². The van der Waals surface area contributed by atoms with Crippen LogP contribution in [-0.2, 0) is 23.9 Å². The molecule has 3 fully saturated rings. The Kier molecular flexibility index (Phi) is 3.92. The van der Waals surface area contributed by atoms with Crippen molar-refractivity contribution in [3.63, 3.8) is 0 Å². The van der Waals surface area contributed by atoms with Crippen LogP contribution >= 0.6 is 11.3 Å². The molecule has 1 aromatic heterocycles. The molecule has 2 saturated carbocycles. The number of fused-ring (bicyclic) bond motifs is 2. The molecule has 2 aromatic rings. The van der Waals surface area contributed by atoms with E-state index in [9.17, 15) is 19.2 Å². The molecule has 0 N–H and O–H groups in total. The van der Waals surface area contributed by atoms with Gasteiger partial charge in [-0.1, -0.05) is 17.9 Å². The first kappa shape index (κ1) is 18.1. The second kappa shape index (κ2) is 6.28. The van der Waals surface area contributed by atoms with Crippen LogP contribution in [0.25, 0.3) is 10.3 Å². The van der Waals surface area contributed by atoms with E-state index in [1.165, 1.54) is 13.0 Å². The molecule has 0 amide bonds. The third kappa shape index (κ3) is 2.71. The van der Waals surface area contributed by atoms with Gasteiger partial charge in [-0.05, 0) is 25.5 Å². The lowest BCUT2D eigenvalue weighted by molar-refractivity contribution is -0.160. The first-order valence-corrected chi connectivity index (χ1v) is 9.97. The molecule has 1 aromatic carbocycles. The summed E-state index contributed by atoms with van der Waals surface area (Å²) >= 11 is 0.953. The predicted molar refractivity (Wildman–Crippen MR) is 99.1 cm³/mol. The first-order chi connectivity index (χ1) is 13.8. The van der Waals surface area contributed by atoms with E-state index in [4.69, 9.17) is 18.6 Å². The molecule has 150 valence electrons. The quantitative estimate of drug-likeness (QED) is 0.423. The molecule has 9 heteroatoms. The summed E-state index contributed by atoms with van der Waals surface area (Å²) in [6, 6.07) is 4.66. The van der Waals surface area contributed by atoms with Crippen LogP contribution in [-0.4, -0.2) is 30.1 Å². The zero-order valence-electron chi connectivity index (χ0n) is 15.3. The number of rotatable bonds is 4. The number of benzene rings is 1. The fourth-order valence-corrected chi connectivity index (χ4v) is 5.44. The fourth-order valence-electron chi connectivity index (χ4n) is 4.79. The SMILES string of the molecule is C=C(C)C(=O)OC1C2CC3C1OC(=O)C3C2C(=O)Oc1ccc2sc(=O)oc2c1. The molecule has 6 unspecified atom stereocenters. The topological polar surface area (TPSA) is 109 Å². The fraction of sp³-hybridized carbons (Fsp3) is 0.400. The van der Waals surface area contributed by atoms with Crippen LogP contribution in [0.3, 0.4) is 0 Å². The molecule has 1 aliphatic heterocycles. The van der Waals surface area contributed by atoms with Gasteiger partial charge in [0, 0.05) is 23.5 Å². The molecular weight excluding hydrogens is 400 g/mol. The van der Waals surface area contributed by atoms with Gasteiger partial charge in [-0.3, -0.25) is 9.59 Å². The Morgan fingerprint density at radius 1 is 1.24 bits per heavy atom. The highest BCUT2D eigenvalue weighted by Gasteiger charge is 2.70. The largest absolute Gasteiger partial charge is 0.458 e. The molecular formula is C20H16O8S. The average molecular weight is 416 g/mol. The molecule has 8 nitrogen and oxygen atoms in total. The zero-order chi connectivity index (χ0) is 20.4. The Hall–Kier alpha value is -2.94. The highest BCUT2D eigenvalue weighted by atomic mass is 32.1. The summed E-state index contributed by atoms with van der Waals surface area (Å²) in [4.78, 5) is 48.3. The molecule has 2 heterocycles. The maximum atomic E-state index is 13.0. The van der Waals surface area contributed by atoms with Gasteiger partial charge in [-0.2, -0.15) is 0 Å². The van der Waals surface area contributed by atoms with Crippen LogP contribution in [0.1, 0.15) is 13.3 Å². The Morgan fingerprint density at radius 2 is 2.03 bits per heavy atom. The Balaban J connectivity index is 1.41. The van der Waals surface area contributed by atoms with E-state index in [1.54, 1.807) is 12.1 Å². The van der Waals surface area contributed by atoms with E-state index in [1.807, 2.05) is 0 Å². The minimum absolute atomic E-state index is 0.176. The van der Waals surface area contributed by atoms with Gasteiger partial charge >= 0.3 is 22.8 Å². The van der Waals surface area contributed by atoms with Gasteiger partial charge in [-0.25, -0.2) is 9.59 Å². The lowest BCUT2D eigenvalue weighted by atomic mass is 9.78. The number of carbonyl (C=O) groups excluding carboxylic acids is 3. The number of hydrogen-bond acceptors (Lipinski definition) is 9. The third-order valence-corrected chi connectivity index (χ3v) is 6.74. The number of carbonyl (C=O) groups is 3. The maximum absolute atomic E-state index is 13.0. The smallest absolute Gasteiger partial charge is 0.396 e. The van der Waals surface area contributed by atoms with Crippen LogP contribution in [0.5, 0.6) is 5.75 Å². The minimum atomic E-state index is -0.764. The van der Waals surface area contributed by atoms with Gasteiger partial charge in [-0.15, -0.1) is 0 Å². The van der Waals surface area contributed by atoms with Crippen molar-refractivity contribution in [2.75, 3.05) is 0 Å². The van der Waals surface area contributed by atoms with Crippen molar-refractivity contribution in [1.82, 2.24) is 0 Å². The van der Waals surface area contributed by atoms with E-state index < -0.39 is 46.9 Å². The van der Waals surface area contributed by atoms with Gasteiger partial charge in [0.15, 0.2) is 5.58 Å². The Bertz CT molecular complexity index is 1130. The van der Waals surface area contributed by atoms with Crippen LogP contribution in [0, 0.1) is 23.7 Å². The second-order valence-electron chi connectivity index (χ2n) is 7.65. The maximum Gasteiger partial charge on any atom is 0.396 e. The number of ether oxygens (including phenoxy) is 3. The lowest BCUT2D eigenvalue weighted by Crippen LogP contribution is -2.44. The van der Waals surface area contributed by atoms with Crippen molar-refractivity contribution in [1.29, 1.82) is 0 Å². The van der Waals surface area contributed by atoms with Gasteiger partial charge in [0.25, 0.3) is 0 Å². The highest BCUT2D eigenvalue weighted by Crippen LogP contribution is 2.59.